The quantitative estimate of drug-likeness (QED) is 0.454. The Kier molecular flexibility index (Phi) is 4.10. The van der Waals surface area contributed by atoms with Crippen molar-refractivity contribution in [1.82, 2.24) is 5.43 Å². The van der Waals surface area contributed by atoms with Gasteiger partial charge in [-0.15, -0.1) is 0 Å². The highest BCUT2D eigenvalue weighted by molar-refractivity contribution is 5.78. The molecule has 0 saturated carbocycles. The highest BCUT2D eigenvalue weighted by atomic mass is 15.3. The predicted octanol–water partition coefficient (Wildman–Crippen LogP) is 1.77. The highest BCUT2D eigenvalue weighted by Crippen LogP contribution is 1.86. The molecule has 9 heavy (non-hydrogen) atoms. The molecule has 0 aromatic heterocycles. The minimum atomic E-state index is 0.500. The molecule has 0 heterocycles. The molecular formula is C7H16N2. The van der Waals surface area contributed by atoms with Gasteiger partial charge in [-0.05, 0) is 27.2 Å². The first-order chi connectivity index (χ1) is 4.16. The summed E-state index contributed by atoms with van der Waals surface area (Å²) in [6, 6.07) is 0.500. The molecule has 0 aliphatic rings. The van der Waals surface area contributed by atoms with E-state index in [0.29, 0.717) is 6.04 Å². The number of nitrogens with one attached hydrogen (secondary N) is 1. The monoisotopic (exact) mass is 128 g/mol. The van der Waals surface area contributed by atoms with Gasteiger partial charge in [-0.1, -0.05) is 6.92 Å². The smallest absolute Gasteiger partial charge is 0.0409 e. The van der Waals surface area contributed by atoms with E-state index in [1.54, 1.807) is 0 Å². The van der Waals surface area contributed by atoms with Crippen molar-refractivity contribution in [3.8, 4) is 0 Å². The molecule has 1 unspecified atom stereocenters. The molecule has 2 nitrogen and oxygen atoms in total. The Labute approximate surface area is 57.3 Å². The normalized spacial score (nSPS) is 12.4. The fourth-order valence-corrected chi connectivity index (χ4v) is 0.331. The molecular weight excluding hydrogens is 112 g/mol. The second-order valence-electron chi connectivity index (χ2n) is 2.50. The number of hydrogen-bond donors (Lipinski definition) is 1. The zero-order valence-electron chi connectivity index (χ0n) is 6.73. The lowest BCUT2D eigenvalue weighted by atomic mass is 10.3. The number of nitrogens with zero attached hydrogens (tertiary/aromatic N) is 1. The maximum Gasteiger partial charge on any atom is 0.0409 e. The lowest BCUT2D eigenvalue weighted by molar-refractivity contribution is 0.557. The largest absolute Gasteiger partial charge is 0.307 e. The molecule has 54 valence electrons. The summed E-state index contributed by atoms with van der Waals surface area (Å²) in [7, 11) is 0. The molecule has 1 N–H and O–H groups in total. The van der Waals surface area contributed by atoms with Crippen molar-refractivity contribution < 1.29 is 0 Å². The van der Waals surface area contributed by atoms with Crippen LogP contribution in [0.1, 0.15) is 34.1 Å². The van der Waals surface area contributed by atoms with Crippen LogP contribution in [0.4, 0.5) is 0 Å². The minimum absolute atomic E-state index is 0.500. The van der Waals surface area contributed by atoms with E-state index in [1.165, 1.54) is 0 Å². The van der Waals surface area contributed by atoms with E-state index in [2.05, 4.69) is 24.4 Å². The van der Waals surface area contributed by atoms with Gasteiger partial charge in [0.15, 0.2) is 0 Å². The first-order valence-corrected chi connectivity index (χ1v) is 3.43. The predicted molar refractivity (Wildman–Crippen MR) is 41.7 cm³/mol. The molecule has 0 aromatic rings. The van der Waals surface area contributed by atoms with E-state index in [-0.39, 0.29) is 0 Å². The summed E-state index contributed by atoms with van der Waals surface area (Å²) in [5.74, 6) is 0. The zero-order valence-corrected chi connectivity index (χ0v) is 6.73. The maximum absolute atomic E-state index is 4.06. The first-order valence-electron chi connectivity index (χ1n) is 3.43. The van der Waals surface area contributed by atoms with Crippen LogP contribution < -0.4 is 5.43 Å². The summed E-state index contributed by atoms with van der Waals surface area (Å²) in [5, 5.41) is 4.06. The molecule has 0 amide bonds. The Morgan fingerprint density at radius 2 is 2.11 bits per heavy atom. The molecule has 0 rings (SSSR count). The number of hydrogen-bond acceptors (Lipinski definition) is 2. The summed E-state index contributed by atoms with van der Waals surface area (Å²) in [4.78, 5) is 0. The topological polar surface area (TPSA) is 24.4 Å². The lowest BCUT2D eigenvalue weighted by Crippen LogP contribution is -2.19. The Balaban J connectivity index is 3.37. The molecule has 0 aliphatic carbocycles. The summed E-state index contributed by atoms with van der Waals surface area (Å²) in [6.07, 6.45) is 1.12. The van der Waals surface area contributed by atoms with Gasteiger partial charge in [-0.25, -0.2) is 0 Å². The van der Waals surface area contributed by atoms with Crippen molar-refractivity contribution in [3.05, 3.63) is 0 Å². The van der Waals surface area contributed by atoms with Crippen LogP contribution in [0.3, 0.4) is 0 Å². The summed E-state index contributed by atoms with van der Waals surface area (Å²) >= 11 is 0. The van der Waals surface area contributed by atoms with Crippen LogP contribution in [0, 0.1) is 0 Å². The van der Waals surface area contributed by atoms with E-state index >= 15 is 0 Å². The van der Waals surface area contributed by atoms with Gasteiger partial charge in [0.25, 0.3) is 0 Å². The SMILES string of the molecule is CCC(C)NN=C(C)C. The first kappa shape index (κ1) is 8.47. The van der Waals surface area contributed by atoms with E-state index in [1.807, 2.05) is 13.8 Å². The Morgan fingerprint density at radius 1 is 1.56 bits per heavy atom. The molecule has 2 heteroatoms. The molecule has 0 radical (unpaired) electrons. The third-order valence-corrected chi connectivity index (χ3v) is 1.12. The van der Waals surface area contributed by atoms with Crippen molar-refractivity contribution in [3.63, 3.8) is 0 Å². The average molecular weight is 128 g/mol. The number of hydrazone groups is 1. The van der Waals surface area contributed by atoms with Gasteiger partial charge in [0.1, 0.15) is 0 Å². The fourth-order valence-electron chi connectivity index (χ4n) is 0.331. The van der Waals surface area contributed by atoms with Crippen LogP contribution >= 0.6 is 0 Å². The Hall–Kier alpha value is -0.530. The van der Waals surface area contributed by atoms with Crippen LogP contribution in [0.2, 0.25) is 0 Å². The van der Waals surface area contributed by atoms with Crippen LogP contribution in [-0.4, -0.2) is 11.8 Å². The van der Waals surface area contributed by atoms with Crippen LogP contribution in [0.5, 0.6) is 0 Å². The zero-order chi connectivity index (χ0) is 7.28. The second kappa shape index (κ2) is 4.36. The van der Waals surface area contributed by atoms with Crippen LogP contribution in [-0.2, 0) is 0 Å². The molecule has 1 atom stereocenters. The lowest BCUT2D eigenvalue weighted by Gasteiger charge is -2.06. The molecule has 0 bridgehead atoms. The standard InChI is InChI=1S/C7H16N2/c1-5-7(4)9-8-6(2)3/h7,9H,5H2,1-4H3. The van der Waals surface area contributed by atoms with Crippen molar-refractivity contribution >= 4 is 5.71 Å². The highest BCUT2D eigenvalue weighted by Gasteiger charge is 1.91. The van der Waals surface area contributed by atoms with Gasteiger partial charge in [-0.2, -0.15) is 5.10 Å². The summed E-state index contributed by atoms with van der Waals surface area (Å²) in [5.41, 5.74) is 4.10. The van der Waals surface area contributed by atoms with Crippen LogP contribution in [0.25, 0.3) is 0 Å². The van der Waals surface area contributed by atoms with Gasteiger partial charge >= 0.3 is 0 Å². The van der Waals surface area contributed by atoms with Crippen LogP contribution in [0.15, 0.2) is 5.10 Å². The Bertz CT molecular complexity index is 93.1. The van der Waals surface area contributed by atoms with Gasteiger partial charge in [0.2, 0.25) is 0 Å². The van der Waals surface area contributed by atoms with E-state index in [0.717, 1.165) is 12.1 Å². The van der Waals surface area contributed by atoms with E-state index in [9.17, 15) is 0 Å². The molecule has 0 fully saturated rings. The summed E-state index contributed by atoms with van der Waals surface area (Å²) < 4.78 is 0. The van der Waals surface area contributed by atoms with Gasteiger partial charge in [-0.3, -0.25) is 0 Å². The second-order valence-corrected chi connectivity index (χ2v) is 2.50. The maximum atomic E-state index is 4.06. The van der Waals surface area contributed by atoms with Crippen molar-refractivity contribution in [2.75, 3.05) is 0 Å². The third kappa shape index (κ3) is 5.34. The number of rotatable bonds is 3. The van der Waals surface area contributed by atoms with Crippen molar-refractivity contribution in [2.24, 2.45) is 5.10 Å². The molecule has 0 aromatic carbocycles. The summed E-state index contributed by atoms with van der Waals surface area (Å²) in [6.45, 7) is 8.22. The Morgan fingerprint density at radius 3 is 2.44 bits per heavy atom. The molecule has 0 saturated heterocycles. The van der Waals surface area contributed by atoms with Gasteiger partial charge in [0, 0.05) is 11.8 Å². The fraction of sp³-hybridized carbons (Fsp3) is 0.857. The average Bonchev–Trinajstić information content (AvgIpc) is 1.83. The van der Waals surface area contributed by atoms with Crippen molar-refractivity contribution in [2.45, 2.75) is 40.2 Å². The van der Waals surface area contributed by atoms with E-state index in [4.69, 9.17) is 0 Å². The third-order valence-electron chi connectivity index (χ3n) is 1.12. The van der Waals surface area contributed by atoms with Crippen molar-refractivity contribution in [1.29, 1.82) is 0 Å². The molecule has 0 aliphatic heterocycles. The van der Waals surface area contributed by atoms with E-state index < -0.39 is 0 Å². The minimum Gasteiger partial charge on any atom is -0.307 e. The van der Waals surface area contributed by atoms with Gasteiger partial charge < -0.3 is 5.43 Å². The molecule has 0 spiro atoms. The van der Waals surface area contributed by atoms with Gasteiger partial charge in [0.05, 0.1) is 0 Å².